The number of benzene rings is 1. The quantitative estimate of drug-likeness (QED) is 0.643. The SMILES string of the molecule is CCC(C)(Nc1cc(Br)ccc1[N+](=O)[O-])C(=O)O. The fraction of sp³-hybridized carbons (Fsp3) is 0.364. The Balaban J connectivity index is 3.20. The van der Waals surface area contributed by atoms with Crippen LogP contribution in [0.5, 0.6) is 0 Å². The maximum absolute atomic E-state index is 11.2. The van der Waals surface area contributed by atoms with Crippen LogP contribution in [-0.4, -0.2) is 21.5 Å². The summed E-state index contributed by atoms with van der Waals surface area (Å²) in [5, 5.41) is 22.8. The Morgan fingerprint density at radius 2 is 2.22 bits per heavy atom. The second-order valence-corrected chi connectivity index (χ2v) is 4.95. The molecule has 0 radical (unpaired) electrons. The van der Waals surface area contributed by atoms with Crippen molar-refractivity contribution in [2.75, 3.05) is 5.32 Å². The van der Waals surface area contributed by atoms with Crippen LogP contribution in [0.2, 0.25) is 0 Å². The zero-order valence-corrected chi connectivity index (χ0v) is 11.5. The van der Waals surface area contributed by atoms with E-state index >= 15 is 0 Å². The van der Waals surface area contributed by atoms with Gasteiger partial charge < -0.3 is 10.4 Å². The van der Waals surface area contributed by atoms with Crippen molar-refractivity contribution in [1.29, 1.82) is 0 Å². The molecule has 1 aromatic carbocycles. The molecule has 0 fully saturated rings. The monoisotopic (exact) mass is 316 g/mol. The highest BCUT2D eigenvalue weighted by Gasteiger charge is 2.33. The molecule has 6 nitrogen and oxygen atoms in total. The molecule has 0 saturated heterocycles. The molecule has 0 spiro atoms. The van der Waals surface area contributed by atoms with Gasteiger partial charge in [-0.15, -0.1) is 0 Å². The lowest BCUT2D eigenvalue weighted by Crippen LogP contribution is -2.42. The average Bonchev–Trinajstić information content (AvgIpc) is 2.28. The number of nitrogens with one attached hydrogen (secondary N) is 1. The Morgan fingerprint density at radius 3 is 2.67 bits per heavy atom. The third-order valence-electron chi connectivity index (χ3n) is 2.74. The number of aliphatic carboxylic acids is 1. The number of carboxylic acids is 1. The van der Waals surface area contributed by atoms with E-state index in [0.717, 1.165) is 0 Å². The van der Waals surface area contributed by atoms with Crippen molar-refractivity contribution in [3.8, 4) is 0 Å². The van der Waals surface area contributed by atoms with E-state index in [1.54, 1.807) is 6.92 Å². The van der Waals surface area contributed by atoms with Crippen molar-refractivity contribution in [3.05, 3.63) is 32.8 Å². The number of hydrogen-bond acceptors (Lipinski definition) is 4. The lowest BCUT2D eigenvalue weighted by Gasteiger charge is -2.25. The van der Waals surface area contributed by atoms with Crippen molar-refractivity contribution in [2.45, 2.75) is 25.8 Å². The summed E-state index contributed by atoms with van der Waals surface area (Å²) in [5.74, 6) is -1.06. The van der Waals surface area contributed by atoms with Gasteiger partial charge in [0, 0.05) is 10.5 Å². The predicted octanol–water partition coefficient (Wildman–Crippen LogP) is 3.02. The van der Waals surface area contributed by atoms with E-state index in [1.165, 1.54) is 25.1 Å². The van der Waals surface area contributed by atoms with Crippen molar-refractivity contribution >= 4 is 33.3 Å². The van der Waals surface area contributed by atoms with E-state index in [-0.39, 0.29) is 11.4 Å². The second kappa shape index (κ2) is 5.34. The summed E-state index contributed by atoms with van der Waals surface area (Å²) in [4.78, 5) is 21.5. The largest absolute Gasteiger partial charge is 0.480 e. The highest BCUT2D eigenvalue weighted by Crippen LogP contribution is 2.31. The van der Waals surface area contributed by atoms with Gasteiger partial charge in [0.2, 0.25) is 0 Å². The Labute approximate surface area is 112 Å². The van der Waals surface area contributed by atoms with Crippen molar-refractivity contribution in [3.63, 3.8) is 0 Å². The maximum Gasteiger partial charge on any atom is 0.329 e. The van der Waals surface area contributed by atoms with Crippen LogP contribution in [0.15, 0.2) is 22.7 Å². The second-order valence-electron chi connectivity index (χ2n) is 4.03. The molecule has 0 aromatic heterocycles. The van der Waals surface area contributed by atoms with Gasteiger partial charge in [-0.3, -0.25) is 10.1 Å². The molecule has 0 heterocycles. The lowest BCUT2D eigenvalue weighted by atomic mass is 9.98. The van der Waals surface area contributed by atoms with E-state index in [1.807, 2.05) is 0 Å². The zero-order valence-electron chi connectivity index (χ0n) is 9.94. The van der Waals surface area contributed by atoms with Crippen LogP contribution in [0.25, 0.3) is 0 Å². The molecule has 98 valence electrons. The molecule has 0 aliphatic carbocycles. The first-order valence-corrected chi connectivity index (χ1v) is 6.05. The van der Waals surface area contributed by atoms with Gasteiger partial charge in [0.05, 0.1) is 4.92 Å². The summed E-state index contributed by atoms with van der Waals surface area (Å²) in [6, 6.07) is 4.35. The number of nitro groups is 1. The van der Waals surface area contributed by atoms with Crippen LogP contribution in [0.4, 0.5) is 11.4 Å². The summed E-state index contributed by atoms with van der Waals surface area (Å²) in [5.41, 5.74) is -1.22. The minimum Gasteiger partial charge on any atom is -0.480 e. The predicted molar refractivity (Wildman–Crippen MR) is 70.8 cm³/mol. The number of nitro benzene ring substituents is 1. The van der Waals surface area contributed by atoms with Crippen molar-refractivity contribution in [1.82, 2.24) is 0 Å². The topological polar surface area (TPSA) is 92.5 Å². The summed E-state index contributed by atoms with van der Waals surface area (Å²) >= 11 is 3.20. The first kappa shape index (κ1) is 14.4. The standard InChI is InChI=1S/C11H13BrN2O4/c1-3-11(2,10(15)16)13-8-6-7(12)4-5-9(8)14(17)18/h4-6,13H,3H2,1-2H3,(H,15,16). The van der Waals surface area contributed by atoms with Gasteiger partial charge in [-0.05, 0) is 25.5 Å². The molecule has 1 unspecified atom stereocenters. The molecule has 0 aliphatic heterocycles. The third-order valence-corrected chi connectivity index (χ3v) is 3.24. The van der Waals surface area contributed by atoms with Gasteiger partial charge in [-0.1, -0.05) is 22.9 Å². The summed E-state index contributed by atoms with van der Waals surface area (Å²) in [7, 11) is 0. The molecule has 7 heteroatoms. The first-order valence-electron chi connectivity index (χ1n) is 5.25. The van der Waals surface area contributed by atoms with Gasteiger partial charge in [0.1, 0.15) is 11.2 Å². The summed E-state index contributed by atoms with van der Waals surface area (Å²) in [6.07, 6.45) is 0.298. The van der Waals surface area contributed by atoms with Crippen LogP contribution in [0, 0.1) is 10.1 Å². The maximum atomic E-state index is 11.2. The smallest absolute Gasteiger partial charge is 0.329 e. The van der Waals surface area contributed by atoms with Gasteiger partial charge in [0.25, 0.3) is 5.69 Å². The highest BCUT2D eigenvalue weighted by atomic mass is 79.9. The molecule has 0 saturated carbocycles. The minimum absolute atomic E-state index is 0.154. The van der Waals surface area contributed by atoms with E-state index in [2.05, 4.69) is 21.2 Å². The van der Waals surface area contributed by atoms with E-state index in [9.17, 15) is 14.9 Å². The molecular weight excluding hydrogens is 304 g/mol. The number of rotatable bonds is 5. The van der Waals surface area contributed by atoms with Crippen LogP contribution >= 0.6 is 15.9 Å². The Morgan fingerprint density at radius 1 is 1.61 bits per heavy atom. The number of carboxylic acid groups (broad SMARTS) is 1. The first-order chi connectivity index (χ1) is 8.30. The molecule has 2 N–H and O–H groups in total. The van der Waals surface area contributed by atoms with Crippen LogP contribution < -0.4 is 5.32 Å². The van der Waals surface area contributed by atoms with Gasteiger partial charge >= 0.3 is 5.97 Å². The zero-order chi connectivity index (χ0) is 13.9. The number of halogens is 1. The Hall–Kier alpha value is -1.63. The van der Waals surface area contributed by atoms with Crippen LogP contribution in [-0.2, 0) is 4.79 Å². The van der Waals surface area contributed by atoms with Crippen LogP contribution in [0.3, 0.4) is 0 Å². The minimum atomic E-state index is -1.24. The lowest BCUT2D eigenvalue weighted by molar-refractivity contribution is -0.384. The molecule has 0 amide bonds. The van der Waals surface area contributed by atoms with Crippen molar-refractivity contribution < 1.29 is 14.8 Å². The van der Waals surface area contributed by atoms with Gasteiger partial charge in [-0.2, -0.15) is 0 Å². The number of hydrogen-bond donors (Lipinski definition) is 2. The van der Waals surface area contributed by atoms with E-state index in [0.29, 0.717) is 10.9 Å². The highest BCUT2D eigenvalue weighted by molar-refractivity contribution is 9.10. The summed E-state index contributed by atoms with van der Waals surface area (Å²) in [6.45, 7) is 3.19. The molecule has 1 aromatic rings. The molecular formula is C11H13BrN2O4. The fourth-order valence-electron chi connectivity index (χ4n) is 1.36. The molecule has 0 bridgehead atoms. The Kier molecular flexibility index (Phi) is 4.28. The molecule has 0 aliphatic rings. The molecule has 1 rings (SSSR count). The van der Waals surface area contributed by atoms with Crippen molar-refractivity contribution in [2.24, 2.45) is 0 Å². The number of nitrogens with zero attached hydrogens (tertiary/aromatic N) is 1. The summed E-state index contributed by atoms with van der Waals surface area (Å²) < 4.78 is 0.638. The molecule has 18 heavy (non-hydrogen) atoms. The average molecular weight is 317 g/mol. The van der Waals surface area contributed by atoms with E-state index in [4.69, 9.17) is 5.11 Å². The van der Waals surface area contributed by atoms with Crippen LogP contribution in [0.1, 0.15) is 20.3 Å². The number of anilines is 1. The Bertz CT molecular complexity index is 492. The number of carbonyl (C=O) groups is 1. The third kappa shape index (κ3) is 2.98. The molecule has 1 atom stereocenters. The van der Waals surface area contributed by atoms with Gasteiger partial charge in [-0.25, -0.2) is 4.79 Å². The fourth-order valence-corrected chi connectivity index (χ4v) is 1.72. The normalized spacial score (nSPS) is 13.7. The van der Waals surface area contributed by atoms with E-state index < -0.39 is 16.4 Å². The van der Waals surface area contributed by atoms with Gasteiger partial charge in [0.15, 0.2) is 0 Å².